The second kappa shape index (κ2) is 7.66. The molecule has 0 heterocycles. The predicted molar refractivity (Wildman–Crippen MR) is 78.0 cm³/mol. The number of rotatable bonds is 6. The molecule has 2 nitrogen and oxygen atoms in total. The molecule has 1 aromatic carbocycles. The second-order valence-corrected chi connectivity index (χ2v) is 5.58. The van der Waals surface area contributed by atoms with Crippen molar-refractivity contribution < 1.29 is 9.84 Å². The van der Waals surface area contributed by atoms with Gasteiger partial charge in [0.15, 0.2) is 0 Å². The van der Waals surface area contributed by atoms with E-state index in [1.165, 1.54) is 32.1 Å². The van der Waals surface area contributed by atoms with E-state index >= 15 is 0 Å². The Morgan fingerprint density at radius 2 is 1.95 bits per heavy atom. The Balaban J connectivity index is 1.73. The molecule has 3 unspecified atom stereocenters. The molecule has 0 spiro atoms. The van der Waals surface area contributed by atoms with Gasteiger partial charge in [0, 0.05) is 13.0 Å². The molecule has 1 aliphatic carbocycles. The SMILES string of the molecule is CCC1CCCCC1OCCC(O)c1ccccc1. The van der Waals surface area contributed by atoms with E-state index < -0.39 is 6.10 Å². The quantitative estimate of drug-likeness (QED) is 0.836. The van der Waals surface area contributed by atoms with Gasteiger partial charge in [0.2, 0.25) is 0 Å². The summed E-state index contributed by atoms with van der Waals surface area (Å²) in [5.74, 6) is 0.725. The van der Waals surface area contributed by atoms with Crippen molar-refractivity contribution in [3.63, 3.8) is 0 Å². The van der Waals surface area contributed by atoms with Crippen molar-refractivity contribution in [3.8, 4) is 0 Å². The lowest BCUT2D eigenvalue weighted by Crippen LogP contribution is -2.28. The van der Waals surface area contributed by atoms with Crippen LogP contribution in [-0.2, 0) is 4.74 Å². The summed E-state index contributed by atoms with van der Waals surface area (Å²) in [7, 11) is 0. The number of aliphatic hydroxyl groups is 1. The first-order valence-corrected chi connectivity index (χ1v) is 7.66. The van der Waals surface area contributed by atoms with Gasteiger partial charge in [-0.2, -0.15) is 0 Å². The lowest BCUT2D eigenvalue weighted by molar-refractivity contribution is -0.0247. The molecule has 0 bridgehead atoms. The Kier molecular flexibility index (Phi) is 5.87. The second-order valence-electron chi connectivity index (χ2n) is 5.58. The molecular weight excluding hydrogens is 236 g/mol. The third-order valence-corrected chi connectivity index (χ3v) is 4.27. The highest BCUT2D eigenvalue weighted by Gasteiger charge is 2.24. The number of hydrogen-bond acceptors (Lipinski definition) is 2. The molecule has 2 rings (SSSR count). The van der Waals surface area contributed by atoms with Crippen LogP contribution in [0.2, 0.25) is 0 Å². The number of hydrogen-bond donors (Lipinski definition) is 1. The van der Waals surface area contributed by atoms with Crippen LogP contribution in [0.25, 0.3) is 0 Å². The van der Waals surface area contributed by atoms with Crippen LogP contribution in [0.15, 0.2) is 30.3 Å². The molecule has 2 heteroatoms. The van der Waals surface area contributed by atoms with Crippen LogP contribution in [0.5, 0.6) is 0 Å². The van der Waals surface area contributed by atoms with Gasteiger partial charge in [-0.3, -0.25) is 0 Å². The predicted octanol–water partition coefficient (Wildman–Crippen LogP) is 4.10. The molecular formula is C17H26O2. The summed E-state index contributed by atoms with van der Waals surface area (Å²) in [6, 6.07) is 9.85. The van der Waals surface area contributed by atoms with E-state index in [-0.39, 0.29) is 0 Å². The van der Waals surface area contributed by atoms with Gasteiger partial charge in [-0.15, -0.1) is 0 Å². The Hall–Kier alpha value is -0.860. The average molecular weight is 262 g/mol. The maximum Gasteiger partial charge on any atom is 0.0812 e. The lowest BCUT2D eigenvalue weighted by Gasteiger charge is -2.31. The van der Waals surface area contributed by atoms with Gasteiger partial charge in [0.1, 0.15) is 0 Å². The molecule has 1 aliphatic rings. The number of aliphatic hydroxyl groups excluding tert-OH is 1. The fourth-order valence-electron chi connectivity index (χ4n) is 3.03. The van der Waals surface area contributed by atoms with Crippen molar-refractivity contribution >= 4 is 0 Å². The van der Waals surface area contributed by atoms with Crippen molar-refractivity contribution in [3.05, 3.63) is 35.9 Å². The Morgan fingerprint density at radius 3 is 2.68 bits per heavy atom. The van der Waals surface area contributed by atoms with Crippen molar-refractivity contribution in [1.82, 2.24) is 0 Å². The van der Waals surface area contributed by atoms with E-state index in [2.05, 4.69) is 6.92 Å². The van der Waals surface area contributed by atoms with Crippen LogP contribution >= 0.6 is 0 Å². The van der Waals surface area contributed by atoms with E-state index in [0.29, 0.717) is 19.1 Å². The molecule has 19 heavy (non-hydrogen) atoms. The van der Waals surface area contributed by atoms with Crippen LogP contribution in [0.3, 0.4) is 0 Å². The van der Waals surface area contributed by atoms with Crippen LogP contribution in [0.1, 0.15) is 57.1 Å². The minimum Gasteiger partial charge on any atom is -0.388 e. The molecule has 0 amide bonds. The van der Waals surface area contributed by atoms with E-state index in [0.717, 1.165) is 11.5 Å². The highest BCUT2D eigenvalue weighted by atomic mass is 16.5. The molecule has 1 fully saturated rings. The van der Waals surface area contributed by atoms with E-state index in [1.54, 1.807) is 0 Å². The van der Waals surface area contributed by atoms with Crippen molar-refractivity contribution in [2.24, 2.45) is 5.92 Å². The minimum atomic E-state index is -0.398. The van der Waals surface area contributed by atoms with Crippen molar-refractivity contribution in [2.75, 3.05) is 6.61 Å². The van der Waals surface area contributed by atoms with E-state index in [4.69, 9.17) is 4.74 Å². The molecule has 0 aromatic heterocycles. The highest BCUT2D eigenvalue weighted by molar-refractivity contribution is 5.17. The summed E-state index contributed by atoms with van der Waals surface area (Å²) in [6.07, 6.45) is 7.07. The standard InChI is InChI=1S/C17H26O2/c1-2-14-8-6-7-11-17(14)19-13-12-16(18)15-9-4-3-5-10-15/h3-5,9-10,14,16-18H,2,6-8,11-13H2,1H3. The Bertz CT molecular complexity index is 350. The first kappa shape index (κ1) is 14.5. The summed E-state index contributed by atoms with van der Waals surface area (Å²) in [5.41, 5.74) is 0.988. The van der Waals surface area contributed by atoms with Crippen molar-refractivity contribution in [1.29, 1.82) is 0 Å². The summed E-state index contributed by atoms with van der Waals surface area (Å²) >= 11 is 0. The van der Waals surface area contributed by atoms with E-state index in [9.17, 15) is 5.11 Å². The number of ether oxygens (including phenoxy) is 1. The molecule has 1 saturated carbocycles. The molecule has 0 saturated heterocycles. The van der Waals surface area contributed by atoms with Gasteiger partial charge in [0.05, 0.1) is 12.2 Å². The number of benzene rings is 1. The minimum absolute atomic E-state index is 0.398. The largest absolute Gasteiger partial charge is 0.388 e. The first-order valence-electron chi connectivity index (χ1n) is 7.66. The topological polar surface area (TPSA) is 29.5 Å². The molecule has 1 aromatic rings. The summed E-state index contributed by atoms with van der Waals surface area (Å²) in [4.78, 5) is 0. The molecule has 0 aliphatic heterocycles. The summed E-state index contributed by atoms with van der Waals surface area (Å²) < 4.78 is 6.02. The average Bonchev–Trinajstić information content (AvgIpc) is 2.48. The lowest BCUT2D eigenvalue weighted by atomic mass is 9.85. The van der Waals surface area contributed by atoms with Gasteiger partial charge < -0.3 is 9.84 Å². The van der Waals surface area contributed by atoms with Crippen LogP contribution in [0, 0.1) is 5.92 Å². The van der Waals surface area contributed by atoms with Crippen molar-refractivity contribution in [2.45, 2.75) is 57.7 Å². The van der Waals surface area contributed by atoms with Crippen LogP contribution in [-0.4, -0.2) is 17.8 Å². The normalized spacial score (nSPS) is 25.2. The fourth-order valence-corrected chi connectivity index (χ4v) is 3.03. The molecule has 3 atom stereocenters. The fraction of sp³-hybridized carbons (Fsp3) is 0.647. The van der Waals surface area contributed by atoms with Crippen LogP contribution < -0.4 is 0 Å². The van der Waals surface area contributed by atoms with Gasteiger partial charge in [0.25, 0.3) is 0 Å². The summed E-state index contributed by atoms with van der Waals surface area (Å²) in [6.45, 7) is 2.92. The molecule has 0 radical (unpaired) electrons. The van der Waals surface area contributed by atoms with Gasteiger partial charge in [-0.25, -0.2) is 0 Å². The van der Waals surface area contributed by atoms with Gasteiger partial charge in [-0.05, 0) is 24.3 Å². The summed E-state index contributed by atoms with van der Waals surface area (Å²) in [5, 5.41) is 10.1. The van der Waals surface area contributed by atoms with Gasteiger partial charge in [-0.1, -0.05) is 56.5 Å². The zero-order chi connectivity index (χ0) is 13.5. The van der Waals surface area contributed by atoms with Crippen LogP contribution in [0.4, 0.5) is 0 Å². The zero-order valence-corrected chi connectivity index (χ0v) is 11.9. The maximum absolute atomic E-state index is 10.1. The maximum atomic E-state index is 10.1. The molecule has 106 valence electrons. The highest BCUT2D eigenvalue weighted by Crippen LogP contribution is 2.29. The monoisotopic (exact) mass is 262 g/mol. The zero-order valence-electron chi connectivity index (χ0n) is 11.9. The smallest absolute Gasteiger partial charge is 0.0812 e. The first-order chi connectivity index (χ1) is 9.31. The third-order valence-electron chi connectivity index (χ3n) is 4.27. The van der Waals surface area contributed by atoms with Gasteiger partial charge >= 0.3 is 0 Å². The van der Waals surface area contributed by atoms with E-state index in [1.807, 2.05) is 30.3 Å². The molecule has 1 N–H and O–H groups in total. The Morgan fingerprint density at radius 1 is 1.21 bits per heavy atom. The Labute approximate surface area is 116 Å². The third kappa shape index (κ3) is 4.32.